The smallest absolute Gasteiger partial charge is 0.127 e. The lowest BCUT2D eigenvalue weighted by Gasteiger charge is -2.35. The normalized spacial score (nSPS) is 17.0. The molecule has 4 rings (SSSR count). The molecule has 23 heavy (non-hydrogen) atoms. The van der Waals surface area contributed by atoms with E-state index in [9.17, 15) is 0 Å². The summed E-state index contributed by atoms with van der Waals surface area (Å²) in [6, 6.07) is 10.3. The first-order valence-electron chi connectivity index (χ1n) is 7.93. The van der Waals surface area contributed by atoms with Crippen LogP contribution in [-0.2, 0) is 6.61 Å². The molecule has 0 aliphatic carbocycles. The molecule has 0 saturated heterocycles. The Balaban J connectivity index is 1.92. The molecule has 2 aliphatic rings. The molecule has 2 heterocycles. The van der Waals surface area contributed by atoms with Crippen molar-refractivity contribution < 1.29 is 9.47 Å². The summed E-state index contributed by atoms with van der Waals surface area (Å²) in [6.45, 7) is 7.19. The standard InChI is InChI=1S/C20H21NO2/c1-12-9-15-17-11-23-19-8-5-13(22-4)10-16(19)14(17)6-7-18(15)21-20(12,2)3/h5-10,21H,11H2,1-4H3. The lowest BCUT2D eigenvalue weighted by atomic mass is 9.84. The van der Waals surface area contributed by atoms with Crippen LogP contribution in [0, 0.1) is 0 Å². The van der Waals surface area contributed by atoms with Crippen LogP contribution < -0.4 is 14.8 Å². The molecular weight excluding hydrogens is 286 g/mol. The summed E-state index contributed by atoms with van der Waals surface area (Å²) in [5.41, 5.74) is 7.30. The minimum absolute atomic E-state index is 0.0160. The van der Waals surface area contributed by atoms with Crippen LogP contribution in [0.5, 0.6) is 11.5 Å². The topological polar surface area (TPSA) is 30.5 Å². The number of benzene rings is 2. The first-order chi connectivity index (χ1) is 11.0. The maximum Gasteiger partial charge on any atom is 0.127 e. The van der Waals surface area contributed by atoms with Crippen molar-refractivity contribution in [1.82, 2.24) is 0 Å². The SMILES string of the molecule is COc1ccc2c(c1)-c1ccc3c(c1CO2)C=C(C)C(C)(C)N3. The largest absolute Gasteiger partial charge is 0.497 e. The molecule has 0 aromatic heterocycles. The van der Waals surface area contributed by atoms with Crippen LogP contribution in [-0.4, -0.2) is 12.6 Å². The lowest BCUT2D eigenvalue weighted by Crippen LogP contribution is -2.35. The molecule has 1 N–H and O–H groups in total. The third-order valence-electron chi connectivity index (χ3n) is 5.00. The first-order valence-corrected chi connectivity index (χ1v) is 7.93. The number of fused-ring (bicyclic) bond motifs is 5. The van der Waals surface area contributed by atoms with Gasteiger partial charge in [-0.15, -0.1) is 0 Å². The van der Waals surface area contributed by atoms with E-state index in [0.29, 0.717) is 6.61 Å². The van der Waals surface area contributed by atoms with Gasteiger partial charge >= 0.3 is 0 Å². The summed E-state index contributed by atoms with van der Waals surface area (Å²) in [4.78, 5) is 0. The second-order valence-electron chi connectivity index (χ2n) is 6.78. The van der Waals surface area contributed by atoms with E-state index in [1.165, 1.54) is 28.0 Å². The molecule has 0 amide bonds. The van der Waals surface area contributed by atoms with Crippen molar-refractivity contribution in [2.24, 2.45) is 0 Å². The maximum absolute atomic E-state index is 5.99. The Morgan fingerprint density at radius 1 is 1.13 bits per heavy atom. The molecule has 118 valence electrons. The fraction of sp³-hybridized carbons (Fsp3) is 0.300. The van der Waals surface area contributed by atoms with Crippen LogP contribution in [0.1, 0.15) is 31.9 Å². The predicted molar refractivity (Wildman–Crippen MR) is 94.1 cm³/mol. The zero-order valence-corrected chi connectivity index (χ0v) is 14.0. The number of anilines is 1. The van der Waals surface area contributed by atoms with Gasteiger partial charge in [-0.3, -0.25) is 0 Å². The van der Waals surface area contributed by atoms with E-state index < -0.39 is 0 Å². The molecule has 0 spiro atoms. The highest BCUT2D eigenvalue weighted by molar-refractivity contribution is 5.86. The predicted octanol–water partition coefficient (Wildman–Crippen LogP) is 4.86. The van der Waals surface area contributed by atoms with Crippen LogP contribution in [0.4, 0.5) is 5.69 Å². The minimum Gasteiger partial charge on any atom is -0.497 e. The number of nitrogens with one attached hydrogen (secondary N) is 1. The zero-order valence-electron chi connectivity index (χ0n) is 14.0. The van der Waals surface area contributed by atoms with Crippen molar-refractivity contribution in [3.05, 3.63) is 47.0 Å². The van der Waals surface area contributed by atoms with Crippen molar-refractivity contribution in [1.29, 1.82) is 0 Å². The van der Waals surface area contributed by atoms with Gasteiger partial charge in [0.1, 0.15) is 18.1 Å². The lowest BCUT2D eigenvalue weighted by molar-refractivity contribution is 0.301. The van der Waals surface area contributed by atoms with Crippen molar-refractivity contribution in [3.8, 4) is 22.6 Å². The number of hydrogen-bond acceptors (Lipinski definition) is 3. The number of rotatable bonds is 1. The summed E-state index contributed by atoms with van der Waals surface area (Å²) < 4.78 is 11.4. The van der Waals surface area contributed by atoms with Crippen LogP contribution >= 0.6 is 0 Å². The van der Waals surface area contributed by atoms with E-state index in [-0.39, 0.29) is 5.54 Å². The van der Waals surface area contributed by atoms with Crippen LogP contribution in [0.25, 0.3) is 17.2 Å². The first kappa shape index (κ1) is 14.2. The Morgan fingerprint density at radius 2 is 1.96 bits per heavy atom. The van der Waals surface area contributed by atoms with E-state index in [2.05, 4.69) is 50.4 Å². The molecular formula is C20H21NO2. The zero-order chi connectivity index (χ0) is 16.2. The Labute approximate surface area is 136 Å². The minimum atomic E-state index is -0.0160. The average Bonchev–Trinajstić information content (AvgIpc) is 2.54. The fourth-order valence-corrected chi connectivity index (χ4v) is 3.30. The summed E-state index contributed by atoms with van der Waals surface area (Å²) >= 11 is 0. The Morgan fingerprint density at radius 3 is 2.74 bits per heavy atom. The van der Waals surface area contributed by atoms with E-state index in [0.717, 1.165) is 17.1 Å². The molecule has 0 radical (unpaired) electrons. The van der Waals surface area contributed by atoms with Crippen molar-refractivity contribution in [2.45, 2.75) is 32.9 Å². The van der Waals surface area contributed by atoms with E-state index in [4.69, 9.17) is 9.47 Å². The molecule has 0 saturated carbocycles. The number of hydrogen-bond donors (Lipinski definition) is 1. The van der Waals surface area contributed by atoms with Crippen LogP contribution in [0.3, 0.4) is 0 Å². The third-order valence-corrected chi connectivity index (χ3v) is 5.00. The highest BCUT2D eigenvalue weighted by Crippen LogP contribution is 2.45. The quantitative estimate of drug-likeness (QED) is 0.816. The maximum atomic E-state index is 5.99. The molecule has 2 aromatic carbocycles. The van der Waals surface area contributed by atoms with Gasteiger partial charge in [0.05, 0.1) is 12.6 Å². The van der Waals surface area contributed by atoms with Crippen molar-refractivity contribution in [3.63, 3.8) is 0 Å². The number of methoxy groups -OCH3 is 1. The van der Waals surface area contributed by atoms with E-state index >= 15 is 0 Å². The number of ether oxygens (including phenoxy) is 2. The van der Waals surface area contributed by atoms with Gasteiger partial charge in [0.15, 0.2) is 0 Å². The van der Waals surface area contributed by atoms with Crippen molar-refractivity contribution >= 4 is 11.8 Å². The third kappa shape index (κ3) is 2.11. The second kappa shape index (κ2) is 4.79. The van der Waals surface area contributed by atoms with Gasteiger partial charge in [0.25, 0.3) is 0 Å². The van der Waals surface area contributed by atoms with Gasteiger partial charge in [0, 0.05) is 22.4 Å². The Hall–Kier alpha value is -2.42. The van der Waals surface area contributed by atoms with Gasteiger partial charge in [-0.2, -0.15) is 0 Å². The van der Waals surface area contributed by atoms with Crippen LogP contribution in [0.15, 0.2) is 35.9 Å². The Kier molecular flexibility index (Phi) is 2.95. The van der Waals surface area contributed by atoms with Gasteiger partial charge < -0.3 is 14.8 Å². The molecule has 0 atom stereocenters. The molecule has 0 fully saturated rings. The molecule has 2 aromatic rings. The van der Waals surface area contributed by atoms with Crippen molar-refractivity contribution in [2.75, 3.05) is 12.4 Å². The second-order valence-corrected chi connectivity index (χ2v) is 6.78. The van der Waals surface area contributed by atoms with Crippen LogP contribution in [0.2, 0.25) is 0 Å². The average molecular weight is 307 g/mol. The molecule has 3 nitrogen and oxygen atoms in total. The highest BCUT2D eigenvalue weighted by atomic mass is 16.5. The fourth-order valence-electron chi connectivity index (χ4n) is 3.30. The van der Waals surface area contributed by atoms with Gasteiger partial charge in [0.2, 0.25) is 0 Å². The monoisotopic (exact) mass is 307 g/mol. The highest BCUT2D eigenvalue weighted by Gasteiger charge is 2.29. The summed E-state index contributed by atoms with van der Waals surface area (Å²) in [6.07, 6.45) is 2.29. The summed E-state index contributed by atoms with van der Waals surface area (Å²) in [5.74, 6) is 1.77. The molecule has 0 bridgehead atoms. The van der Waals surface area contributed by atoms with Gasteiger partial charge in [-0.25, -0.2) is 0 Å². The Bertz CT molecular complexity index is 834. The molecule has 2 aliphatic heterocycles. The van der Waals surface area contributed by atoms with E-state index in [1.807, 2.05) is 12.1 Å². The van der Waals surface area contributed by atoms with Gasteiger partial charge in [-0.1, -0.05) is 12.1 Å². The molecule has 0 unspecified atom stereocenters. The van der Waals surface area contributed by atoms with Gasteiger partial charge in [-0.05, 0) is 56.2 Å². The summed E-state index contributed by atoms with van der Waals surface area (Å²) in [5, 5.41) is 3.63. The van der Waals surface area contributed by atoms with E-state index in [1.54, 1.807) is 7.11 Å². The molecule has 3 heteroatoms. The summed E-state index contributed by atoms with van der Waals surface area (Å²) in [7, 11) is 1.69.